The van der Waals surface area contributed by atoms with Crippen molar-refractivity contribution in [2.24, 2.45) is 7.05 Å². The van der Waals surface area contributed by atoms with Gasteiger partial charge < -0.3 is 4.90 Å². The van der Waals surface area contributed by atoms with Gasteiger partial charge in [-0.25, -0.2) is 4.57 Å². The van der Waals surface area contributed by atoms with E-state index in [4.69, 9.17) is 0 Å². The van der Waals surface area contributed by atoms with Gasteiger partial charge in [0.2, 0.25) is 0 Å². The van der Waals surface area contributed by atoms with E-state index in [2.05, 4.69) is 41.9 Å². The first-order valence-electron chi connectivity index (χ1n) is 4.92. The molecule has 0 spiro atoms. The average Bonchev–Trinajstić information content (AvgIpc) is 2.30. The van der Waals surface area contributed by atoms with Crippen molar-refractivity contribution in [3.05, 3.63) is 29.6 Å². The van der Waals surface area contributed by atoms with Gasteiger partial charge in [-0.3, -0.25) is 0 Å². The van der Waals surface area contributed by atoms with E-state index in [-0.39, 0.29) is 0 Å². The third-order valence-corrected chi connectivity index (χ3v) is 2.90. The van der Waals surface area contributed by atoms with Gasteiger partial charge in [0.15, 0.2) is 11.9 Å². The Morgan fingerprint density at radius 3 is 2.92 bits per heavy atom. The molecule has 70 valence electrons. The van der Waals surface area contributed by atoms with Crippen molar-refractivity contribution in [1.29, 1.82) is 0 Å². The zero-order chi connectivity index (χ0) is 9.26. The molecule has 2 heteroatoms. The summed E-state index contributed by atoms with van der Waals surface area (Å²) in [5, 5.41) is 0. The Balaban J connectivity index is 2.35. The summed E-state index contributed by atoms with van der Waals surface area (Å²) in [4.78, 5) is 2.40. The highest BCUT2D eigenvalue weighted by Gasteiger charge is 2.17. The second kappa shape index (κ2) is 3.46. The first-order chi connectivity index (χ1) is 6.27. The molecule has 0 amide bonds. The zero-order valence-electron chi connectivity index (χ0n) is 8.45. The van der Waals surface area contributed by atoms with E-state index >= 15 is 0 Å². The molecule has 1 aliphatic rings. The van der Waals surface area contributed by atoms with Gasteiger partial charge in [-0.1, -0.05) is 0 Å². The maximum absolute atomic E-state index is 2.40. The summed E-state index contributed by atoms with van der Waals surface area (Å²) in [5.41, 5.74) is 3.03. The number of likely N-dealkylation sites (N-methyl/N-ethyl adjacent to an activating group) is 1. The lowest BCUT2D eigenvalue weighted by atomic mass is 10.1. The topological polar surface area (TPSA) is 7.12 Å². The zero-order valence-corrected chi connectivity index (χ0v) is 8.45. The van der Waals surface area contributed by atoms with Crippen LogP contribution in [0.5, 0.6) is 0 Å². The second-order valence-electron chi connectivity index (χ2n) is 3.89. The SMILES string of the molecule is CN1CCc2ccc[n+](C)c2CC1. The van der Waals surface area contributed by atoms with Crippen LogP contribution < -0.4 is 4.57 Å². The van der Waals surface area contributed by atoms with Crippen LogP contribution >= 0.6 is 0 Å². The quantitative estimate of drug-likeness (QED) is 0.525. The number of aromatic nitrogens is 1. The highest BCUT2D eigenvalue weighted by molar-refractivity contribution is 5.17. The normalized spacial score (nSPS) is 18.0. The lowest BCUT2D eigenvalue weighted by molar-refractivity contribution is -0.679. The summed E-state index contributed by atoms with van der Waals surface area (Å²) < 4.78 is 2.26. The maximum Gasteiger partial charge on any atom is 0.185 e. The molecule has 1 aromatic rings. The van der Waals surface area contributed by atoms with E-state index in [1.165, 1.54) is 37.2 Å². The van der Waals surface area contributed by atoms with Crippen LogP contribution in [0.2, 0.25) is 0 Å². The van der Waals surface area contributed by atoms with Crippen molar-refractivity contribution in [2.75, 3.05) is 20.1 Å². The molecule has 0 fully saturated rings. The Morgan fingerprint density at radius 1 is 1.31 bits per heavy atom. The predicted octanol–water partition coefficient (Wildman–Crippen LogP) is 0.541. The first-order valence-corrected chi connectivity index (χ1v) is 4.92. The van der Waals surface area contributed by atoms with Crippen molar-refractivity contribution in [1.82, 2.24) is 4.90 Å². The molecule has 0 atom stereocenters. The molecule has 0 unspecified atom stereocenters. The standard InChI is InChI=1S/C11H17N2/c1-12-8-5-10-4-3-7-13(2)11(10)6-9-12/h3-4,7H,5-6,8-9H2,1-2H3/q+1. The van der Waals surface area contributed by atoms with Gasteiger partial charge in [-0.2, -0.15) is 0 Å². The molecule has 1 aromatic heterocycles. The van der Waals surface area contributed by atoms with Crippen molar-refractivity contribution < 1.29 is 4.57 Å². The summed E-state index contributed by atoms with van der Waals surface area (Å²) in [7, 11) is 4.34. The van der Waals surface area contributed by atoms with E-state index < -0.39 is 0 Å². The van der Waals surface area contributed by atoms with Gasteiger partial charge >= 0.3 is 0 Å². The minimum absolute atomic E-state index is 1.18. The number of nitrogens with zero attached hydrogens (tertiary/aromatic N) is 2. The van der Waals surface area contributed by atoms with Crippen molar-refractivity contribution >= 4 is 0 Å². The first kappa shape index (κ1) is 8.70. The monoisotopic (exact) mass is 177 g/mol. The van der Waals surface area contributed by atoms with Gasteiger partial charge in [0.25, 0.3) is 0 Å². The Hall–Kier alpha value is -0.890. The fourth-order valence-electron chi connectivity index (χ4n) is 1.99. The molecule has 0 bridgehead atoms. The molecule has 0 N–H and O–H groups in total. The highest BCUT2D eigenvalue weighted by atomic mass is 15.1. The van der Waals surface area contributed by atoms with Crippen LogP contribution in [0.25, 0.3) is 0 Å². The Morgan fingerprint density at radius 2 is 2.08 bits per heavy atom. The van der Waals surface area contributed by atoms with E-state index in [1.807, 2.05) is 0 Å². The predicted molar refractivity (Wildman–Crippen MR) is 52.5 cm³/mol. The van der Waals surface area contributed by atoms with Crippen molar-refractivity contribution in [2.45, 2.75) is 12.8 Å². The smallest absolute Gasteiger partial charge is 0.185 e. The molecule has 2 heterocycles. The summed E-state index contributed by atoms with van der Waals surface area (Å²) in [6, 6.07) is 4.40. The summed E-state index contributed by atoms with van der Waals surface area (Å²) in [6.45, 7) is 2.38. The largest absolute Gasteiger partial charge is 0.305 e. The molecular weight excluding hydrogens is 160 g/mol. The molecule has 2 nitrogen and oxygen atoms in total. The molecule has 0 saturated carbocycles. The fraction of sp³-hybridized carbons (Fsp3) is 0.545. The average molecular weight is 177 g/mol. The van der Waals surface area contributed by atoms with Crippen LogP contribution in [-0.2, 0) is 19.9 Å². The highest BCUT2D eigenvalue weighted by Crippen LogP contribution is 2.10. The van der Waals surface area contributed by atoms with Crippen LogP contribution in [0, 0.1) is 0 Å². The number of fused-ring (bicyclic) bond motifs is 1. The molecule has 13 heavy (non-hydrogen) atoms. The van der Waals surface area contributed by atoms with Gasteiger partial charge in [-0.15, -0.1) is 0 Å². The van der Waals surface area contributed by atoms with Gasteiger partial charge in [0.05, 0.1) is 0 Å². The minimum Gasteiger partial charge on any atom is -0.305 e. The molecule has 2 rings (SSSR count). The van der Waals surface area contributed by atoms with E-state index in [9.17, 15) is 0 Å². The lowest BCUT2D eigenvalue weighted by Gasteiger charge is -2.10. The third kappa shape index (κ3) is 1.73. The van der Waals surface area contributed by atoms with Crippen LogP contribution in [-0.4, -0.2) is 25.0 Å². The number of hydrogen-bond donors (Lipinski definition) is 0. The van der Waals surface area contributed by atoms with Gasteiger partial charge in [0, 0.05) is 31.1 Å². The number of aryl methyl sites for hydroxylation is 1. The van der Waals surface area contributed by atoms with Crippen LogP contribution in [0.1, 0.15) is 11.3 Å². The van der Waals surface area contributed by atoms with E-state index in [0.29, 0.717) is 0 Å². The van der Waals surface area contributed by atoms with Crippen LogP contribution in [0.4, 0.5) is 0 Å². The van der Waals surface area contributed by atoms with Crippen molar-refractivity contribution in [3.63, 3.8) is 0 Å². The third-order valence-electron chi connectivity index (χ3n) is 2.90. The lowest BCUT2D eigenvalue weighted by Crippen LogP contribution is -2.34. The minimum atomic E-state index is 1.18. The molecule has 0 saturated heterocycles. The number of hydrogen-bond acceptors (Lipinski definition) is 1. The van der Waals surface area contributed by atoms with E-state index in [1.54, 1.807) is 0 Å². The Kier molecular flexibility index (Phi) is 2.32. The van der Waals surface area contributed by atoms with Crippen molar-refractivity contribution in [3.8, 4) is 0 Å². The molecule has 0 aliphatic carbocycles. The van der Waals surface area contributed by atoms with E-state index in [0.717, 1.165) is 0 Å². The van der Waals surface area contributed by atoms with Gasteiger partial charge in [0.1, 0.15) is 7.05 Å². The molecular formula is C11H17N2+. The summed E-state index contributed by atoms with van der Waals surface area (Å²) >= 11 is 0. The van der Waals surface area contributed by atoms with Crippen LogP contribution in [0.3, 0.4) is 0 Å². The Labute approximate surface area is 79.8 Å². The molecule has 1 aliphatic heterocycles. The maximum atomic E-state index is 2.40. The molecule has 0 radical (unpaired) electrons. The Bertz CT molecular complexity index is 307. The summed E-state index contributed by atoms with van der Waals surface area (Å²) in [5.74, 6) is 0. The van der Waals surface area contributed by atoms with Crippen LogP contribution in [0.15, 0.2) is 18.3 Å². The second-order valence-corrected chi connectivity index (χ2v) is 3.89. The van der Waals surface area contributed by atoms with Gasteiger partial charge in [-0.05, 0) is 19.5 Å². The fourth-order valence-corrected chi connectivity index (χ4v) is 1.99. The number of rotatable bonds is 0. The molecule has 0 aromatic carbocycles. The number of pyridine rings is 1. The summed E-state index contributed by atoms with van der Waals surface area (Å²) in [6.07, 6.45) is 4.52.